The van der Waals surface area contributed by atoms with Crippen molar-refractivity contribution in [2.75, 3.05) is 13.7 Å². The van der Waals surface area contributed by atoms with Crippen molar-refractivity contribution in [1.29, 1.82) is 5.41 Å². The van der Waals surface area contributed by atoms with E-state index in [9.17, 15) is 9.59 Å². The van der Waals surface area contributed by atoms with Crippen molar-refractivity contribution in [3.8, 4) is 5.75 Å². The molecule has 27 heavy (non-hydrogen) atoms. The lowest BCUT2D eigenvalue weighted by Gasteiger charge is -2.23. The van der Waals surface area contributed by atoms with E-state index in [0.29, 0.717) is 18.8 Å². The number of nitrogens with one attached hydrogen (secondary N) is 2. The van der Waals surface area contributed by atoms with Gasteiger partial charge in [0.15, 0.2) is 0 Å². The molecule has 0 aliphatic heterocycles. The van der Waals surface area contributed by atoms with E-state index in [1.165, 1.54) is 7.11 Å². The molecular formula is C19H27BN2O5. The lowest BCUT2D eigenvalue weighted by atomic mass is 9.75. The third-order valence-electron chi connectivity index (χ3n) is 3.94. The normalized spacial score (nSPS) is 12.4. The molecule has 1 aromatic carbocycles. The number of hydrogen-bond acceptors (Lipinski definition) is 6. The molecule has 2 atom stereocenters. The zero-order valence-corrected chi connectivity index (χ0v) is 16.1. The van der Waals surface area contributed by atoms with Crippen LogP contribution in [0.4, 0.5) is 0 Å². The molecule has 1 amide bonds. The molecule has 0 aliphatic carbocycles. The monoisotopic (exact) mass is 374 g/mol. The molecule has 8 heteroatoms. The van der Waals surface area contributed by atoms with Gasteiger partial charge in [0.05, 0.1) is 12.9 Å². The van der Waals surface area contributed by atoms with Gasteiger partial charge in [-0.05, 0) is 30.0 Å². The van der Waals surface area contributed by atoms with Crippen LogP contribution in [0.2, 0.25) is 5.82 Å². The number of hydrogen-bond donors (Lipinski definition) is 2. The third kappa shape index (κ3) is 7.56. The number of rotatable bonds is 12. The molecular weight excluding hydrogens is 347 g/mol. The molecule has 146 valence electrons. The molecule has 0 bridgehead atoms. The number of esters is 1. The van der Waals surface area contributed by atoms with Crippen molar-refractivity contribution in [2.24, 2.45) is 5.92 Å². The van der Waals surface area contributed by atoms with E-state index in [4.69, 9.17) is 19.5 Å². The second-order valence-corrected chi connectivity index (χ2v) is 6.35. The first kappa shape index (κ1) is 22.3. The van der Waals surface area contributed by atoms with Gasteiger partial charge in [-0.2, -0.15) is 0 Å². The second-order valence-electron chi connectivity index (χ2n) is 6.35. The third-order valence-corrected chi connectivity index (χ3v) is 3.94. The summed E-state index contributed by atoms with van der Waals surface area (Å²) in [5, 5.41) is 9.77. The van der Waals surface area contributed by atoms with Gasteiger partial charge in [0, 0.05) is 0 Å². The van der Waals surface area contributed by atoms with E-state index in [2.05, 4.69) is 11.9 Å². The van der Waals surface area contributed by atoms with Gasteiger partial charge in [0.2, 0.25) is 5.91 Å². The molecule has 0 radical (unpaired) electrons. The summed E-state index contributed by atoms with van der Waals surface area (Å²) in [7, 11) is 1.32. The van der Waals surface area contributed by atoms with Gasteiger partial charge in [0.25, 0.3) is 0 Å². The lowest BCUT2D eigenvalue weighted by Crippen LogP contribution is -2.47. The Labute approximate surface area is 160 Å². The van der Waals surface area contributed by atoms with Gasteiger partial charge in [-0.3, -0.25) is 10.2 Å². The maximum absolute atomic E-state index is 12.7. The first-order valence-electron chi connectivity index (χ1n) is 8.74. The van der Waals surface area contributed by atoms with Crippen LogP contribution in [0.3, 0.4) is 0 Å². The van der Waals surface area contributed by atoms with E-state index in [1.54, 1.807) is 6.08 Å². The molecule has 2 N–H and O–H groups in total. The van der Waals surface area contributed by atoms with E-state index in [-0.39, 0.29) is 19.3 Å². The quantitative estimate of drug-likeness (QED) is 0.191. The molecule has 0 spiro atoms. The molecule has 0 saturated carbocycles. The largest absolute Gasteiger partial charge is 0.556 e. The Kier molecular flexibility index (Phi) is 9.71. The van der Waals surface area contributed by atoms with E-state index in [0.717, 1.165) is 12.0 Å². The van der Waals surface area contributed by atoms with Gasteiger partial charge in [0.1, 0.15) is 24.8 Å². The van der Waals surface area contributed by atoms with Gasteiger partial charge in [-0.1, -0.05) is 38.6 Å². The Morgan fingerprint density at radius 2 is 1.96 bits per heavy atom. The fourth-order valence-corrected chi connectivity index (χ4v) is 2.45. The number of methoxy groups -OCH3 is 1. The summed E-state index contributed by atoms with van der Waals surface area (Å²) in [4.78, 5) is 24.6. The Morgan fingerprint density at radius 3 is 2.48 bits per heavy atom. The first-order chi connectivity index (χ1) is 12.9. The summed E-state index contributed by atoms with van der Waals surface area (Å²) in [5.74, 6) is -0.785. The highest BCUT2D eigenvalue weighted by Crippen LogP contribution is 2.19. The number of ether oxygens (including phenoxy) is 2. The van der Waals surface area contributed by atoms with Crippen LogP contribution in [-0.4, -0.2) is 45.5 Å². The maximum Gasteiger partial charge on any atom is 0.354 e. The lowest BCUT2D eigenvalue weighted by molar-refractivity contribution is -0.146. The minimum absolute atomic E-state index is 0.0377. The van der Waals surface area contributed by atoms with Crippen molar-refractivity contribution >= 4 is 25.8 Å². The standard InChI is InChI=1S/C19H27BN2O5/c1-5-10-26-15-8-6-14(7-9-15)11-16(20-27-12-21)18(23)22-17(13(2)3)19(24)25-4/h5-9,12-13,16-17,20-21H,1,10-11H2,2-4H3,(H,22,23)/t16-,17-/m0/s1. The zero-order valence-electron chi connectivity index (χ0n) is 16.1. The molecule has 0 fully saturated rings. The highest BCUT2D eigenvalue weighted by Gasteiger charge is 2.29. The SMILES string of the molecule is C=CCOc1ccc(C[C@H](BOC=N)C(=O)N[C@H](C(=O)OC)C(C)C)cc1. The fourth-order valence-electron chi connectivity index (χ4n) is 2.45. The average Bonchev–Trinajstić information content (AvgIpc) is 2.67. The zero-order chi connectivity index (χ0) is 20.2. The van der Waals surface area contributed by atoms with E-state index < -0.39 is 17.8 Å². The first-order valence-corrected chi connectivity index (χ1v) is 8.74. The molecule has 1 rings (SSSR count). The van der Waals surface area contributed by atoms with Crippen molar-refractivity contribution in [3.63, 3.8) is 0 Å². The smallest absolute Gasteiger partial charge is 0.354 e. The Bertz CT molecular complexity index is 633. The van der Waals surface area contributed by atoms with Crippen LogP contribution in [0.25, 0.3) is 0 Å². The van der Waals surface area contributed by atoms with Gasteiger partial charge < -0.3 is 19.4 Å². The van der Waals surface area contributed by atoms with Crippen LogP contribution < -0.4 is 10.1 Å². The molecule has 0 aliphatic rings. The van der Waals surface area contributed by atoms with Crippen LogP contribution in [0.1, 0.15) is 19.4 Å². The molecule has 0 unspecified atom stereocenters. The van der Waals surface area contributed by atoms with Crippen LogP contribution in [0.5, 0.6) is 5.75 Å². The average molecular weight is 374 g/mol. The number of carbonyl (C=O) groups excluding carboxylic acids is 2. The summed E-state index contributed by atoms with van der Waals surface area (Å²) in [6.45, 7) is 7.67. The number of benzene rings is 1. The van der Waals surface area contributed by atoms with Crippen LogP contribution >= 0.6 is 0 Å². The van der Waals surface area contributed by atoms with E-state index in [1.807, 2.05) is 38.1 Å². The van der Waals surface area contributed by atoms with Crippen molar-refractivity contribution in [1.82, 2.24) is 5.32 Å². The summed E-state index contributed by atoms with van der Waals surface area (Å²) in [6.07, 6.45) is 2.86. The summed E-state index contributed by atoms with van der Waals surface area (Å²) in [5.41, 5.74) is 0.911. The molecule has 7 nitrogen and oxygen atoms in total. The molecule has 0 aromatic heterocycles. The predicted octanol–water partition coefficient (Wildman–Crippen LogP) is 1.87. The minimum Gasteiger partial charge on any atom is -0.556 e. The summed E-state index contributed by atoms with van der Waals surface area (Å²) < 4.78 is 15.2. The van der Waals surface area contributed by atoms with Crippen molar-refractivity contribution < 1.29 is 23.7 Å². The maximum atomic E-state index is 12.7. The number of amides is 1. The fraction of sp³-hybridized carbons (Fsp3) is 0.421. The Hall–Kier alpha value is -2.77. The van der Waals surface area contributed by atoms with Crippen LogP contribution in [0, 0.1) is 11.3 Å². The number of carbonyl (C=O) groups is 2. The highest BCUT2D eigenvalue weighted by molar-refractivity contribution is 6.39. The highest BCUT2D eigenvalue weighted by atomic mass is 16.5. The van der Waals surface area contributed by atoms with E-state index >= 15 is 0 Å². The Balaban J connectivity index is 2.84. The Morgan fingerprint density at radius 1 is 1.30 bits per heavy atom. The minimum atomic E-state index is -0.736. The molecule has 0 saturated heterocycles. The van der Waals surface area contributed by atoms with Gasteiger partial charge in [-0.25, -0.2) is 4.79 Å². The van der Waals surface area contributed by atoms with Crippen molar-refractivity contribution in [3.05, 3.63) is 42.5 Å². The molecule has 1 aromatic rings. The summed E-state index contributed by atoms with van der Waals surface area (Å²) in [6, 6.07) is 6.62. The molecule has 0 heterocycles. The van der Waals surface area contributed by atoms with Crippen LogP contribution in [-0.2, 0) is 25.4 Å². The predicted molar refractivity (Wildman–Crippen MR) is 105 cm³/mol. The van der Waals surface area contributed by atoms with Gasteiger partial charge >= 0.3 is 13.5 Å². The van der Waals surface area contributed by atoms with Crippen LogP contribution in [0.15, 0.2) is 36.9 Å². The van der Waals surface area contributed by atoms with Gasteiger partial charge in [-0.15, -0.1) is 0 Å². The van der Waals surface area contributed by atoms with Crippen molar-refractivity contribution in [2.45, 2.75) is 32.1 Å². The summed E-state index contributed by atoms with van der Waals surface area (Å²) >= 11 is 0. The topological polar surface area (TPSA) is 97.7 Å². The second kappa shape index (κ2) is 11.8.